The van der Waals surface area contributed by atoms with Crippen LogP contribution in [0.25, 0.3) is 0 Å². The van der Waals surface area contributed by atoms with Gasteiger partial charge in [0.2, 0.25) is 5.75 Å². The molecule has 1 aromatic rings. The van der Waals surface area contributed by atoms with Gasteiger partial charge in [-0.1, -0.05) is 29.6 Å². The van der Waals surface area contributed by atoms with Crippen molar-refractivity contribution in [2.24, 2.45) is 0 Å². The summed E-state index contributed by atoms with van der Waals surface area (Å²) in [6.07, 6.45) is 5.63. The summed E-state index contributed by atoms with van der Waals surface area (Å²) in [6, 6.07) is 1.77. The first-order valence-corrected chi connectivity index (χ1v) is 8.07. The molecule has 27 heavy (non-hydrogen) atoms. The van der Waals surface area contributed by atoms with Gasteiger partial charge in [0.1, 0.15) is 26.4 Å². The lowest BCUT2D eigenvalue weighted by molar-refractivity contribution is 0.152. The highest BCUT2D eigenvalue weighted by atomic mass is 16.5. The summed E-state index contributed by atoms with van der Waals surface area (Å²) in [6.45, 7) is 1.48. The zero-order valence-corrected chi connectivity index (χ0v) is 16.1. The van der Waals surface area contributed by atoms with Crippen LogP contribution in [0.5, 0.6) is 17.2 Å². The maximum absolute atomic E-state index is 5.63. The van der Waals surface area contributed by atoms with Gasteiger partial charge in [0, 0.05) is 12.7 Å². The van der Waals surface area contributed by atoms with Crippen molar-refractivity contribution in [1.82, 2.24) is 0 Å². The van der Waals surface area contributed by atoms with E-state index in [2.05, 4.69) is 29.6 Å². The molecular formula is C21H24O6. The molecule has 0 N–H and O–H groups in total. The van der Waals surface area contributed by atoms with E-state index >= 15 is 0 Å². The van der Waals surface area contributed by atoms with Crippen LogP contribution in [0.1, 0.15) is 11.1 Å². The minimum atomic E-state index is 0.236. The summed E-state index contributed by atoms with van der Waals surface area (Å²) in [4.78, 5) is 0. The highest BCUT2D eigenvalue weighted by Crippen LogP contribution is 2.41. The number of hydrogen-bond donors (Lipinski definition) is 0. The molecule has 0 saturated carbocycles. The van der Waals surface area contributed by atoms with E-state index in [-0.39, 0.29) is 19.8 Å². The zero-order valence-electron chi connectivity index (χ0n) is 16.1. The number of rotatable bonds is 9. The van der Waals surface area contributed by atoms with E-state index < -0.39 is 0 Å². The number of methoxy groups -OCH3 is 4. The Balaban J connectivity index is 2.60. The Kier molecular flexibility index (Phi) is 11.0. The van der Waals surface area contributed by atoms with E-state index in [0.717, 1.165) is 5.56 Å². The van der Waals surface area contributed by atoms with Crippen LogP contribution in [0, 0.1) is 36.0 Å². The van der Waals surface area contributed by atoms with Gasteiger partial charge >= 0.3 is 0 Å². The lowest BCUT2D eigenvalue weighted by atomic mass is 10.1. The molecule has 0 unspecified atom stereocenters. The number of benzene rings is 1. The van der Waals surface area contributed by atoms with Crippen molar-refractivity contribution < 1.29 is 28.4 Å². The van der Waals surface area contributed by atoms with Crippen LogP contribution in [0.15, 0.2) is 6.07 Å². The average Bonchev–Trinajstić information content (AvgIpc) is 2.70. The maximum atomic E-state index is 5.63. The molecule has 0 heterocycles. The molecule has 0 fully saturated rings. The van der Waals surface area contributed by atoms with Crippen LogP contribution in [-0.2, 0) is 20.8 Å². The third-order valence-electron chi connectivity index (χ3n) is 3.30. The van der Waals surface area contributed by atoms with Crippen molar-refractivity contribution in [2.45, 2.75) is 6.61 Å². The van der Waals surface area contributed by atoms with Crippen LogP contribution in [0.2, 0.25) is 0 Å². The third kappa shape index (κ3) is 7.13. The Morgan fingerprint density at radius 1 is 0.778 bits per heavy atom. The Hall–Kier alpha value is -2.82. The first-order chi connectivity index (χ1) is 13.2. The summed E-state index contributed by atoms with van der Waals surface area (Å²) >= 11 is 0. The minimum absolute atomic E-state index is 0.236. The van der Waals surface area contributed by atoms with Crippen molar-refractivity contribution in [3.63, 3.8) is 0 Å². The van der Waals surface area contributed by atoms with E-state index in [9.17, 15) is 0 Å². The average molecular weight is 372 g/mol. The van der Waals surface area contributed by atoms with Crippen LogP contribution in [0.4, 0.5) is 0 Å². The smallest absolute Gasteiger partial charge is 0.204 e. The molecule has 0 bridgehead atoms. The second-order valence-corrected chi connectivity index (χ2v) is 4.95. The normalized spacial score (nSPS) is 9.30. The molecule has 6 nitrogen and oxygen atoms in total. The molecule has 0 aliphatic carbocycles. The topological polar surface area (TPSA) is 55.4 Å². The SMILES string of the molecule is C#Cc1c(COCC#CCOCC#CCOC)cc(OC)c(OC)c1OC. The second kappa shape index (κ2) is 13.4. The number of hydrogen-bond acceptors (Lipinski definition) is 6. The van der Waals surface area contributed by atoms with Crippen LogP contribution in [0.3, 0.4) is 0 Å². The summed E-state index contributed by atoms with van der Waals surface area (Å²) in [5.41, 5.74) is 1.31. The third-order valence-corrected chi connectivity index (χ3v) is 3.30. The van der Waals surface area contributed by atoms with Crippen LogP contribution >= 0.6 is 0 Å². The highest BCUT2D eigenvalue weighted by Gasteiger charge is 2.19. The van der Waals surface area contributed by atoms with E-state index in [4.69, 9.17) is 34.8 Å². The van der Waals surface area contributed by atoms with Gasteiger partial charge in [-0.2, -0.15) is 0 Å². The zero-order chi connectivity index (χ0) is 19.9. The van der Waals surface area contributed by atoms with Crippen LogP contribution < -0.4 is 14.2 Å². The van der Waals surface area contributed by atoms with Gasteiger partial charge in [0.05, 0.1) is 33.5 Å². The van der Waals surface area contributed by atoms with Crippen LogP contribution in [-0.4, -0.2) is 54.9 Å². The van der Waals surface area contributed by atoms with Gasteiger partial charge in [-0.15, -0.1) is 6.42 Å². The molecule has 0 amide bonds. The van der Waals surface area contributed by atoms with Gasteiger partial charge in [-0.25, -0.2) is 0 Å². The lowest BCUT2D eigenvalue weighted by Gasteiger charge is -2.16. The molecule has 0 spiro atoms. The fraction of sp³-hybridized carbons (Fsp3) is 0.429. The summed E-state index contributed by atoms with van der Waals surface area (Å²) in [5, 5.41) is 0. The van der Waals surface area contributed by atoms with Crippen molar-refractivity contribution in [3.05, 3.63) is 17.2 Å². The van der Waals surface area contributed by atoms with Gasteiger partial charge in [0.15, 0.2) is 11.5 Å². The molecule has 6 heteroatoms. The summed E-state index contributed by atoms with van der Waals surface area (Å²) in [5.74, 6) is 15.3. The number of ether oxygens (including phenoxy) is 6. The molecule has 0 aromatic heterocycles. The van der Waals surface area contributed by atoms with Gasteiger partial charge in [-0.3, -0.25) is 0 Å². The van der Waals surface area contributed by atoms with Crippen molar-refractivity contribution in [3.8, 4) is 53.3 Å². The van der Waals surface area contributed by atoms with Gasteiger partial charge in [0.25, 0.3) is 0 Å². The molecule has 144 valence electrons. The first-order valence-electron chi connectivity index (χ1n) is 8.07. The van der Waals surface area contributed by atoms with Gasteiger partial charge < -0.3 is 28.4 Å². The standard InChI is InChI=1S/C21H24O6/c1-6-18-17(15-19(23-3)21(25-5)20(18)24-4)16-27-14-10-9-13-26-12-8-7-11-22-2/h1,15H,11-14,16H2,2-5H3. The number of terminal acetylenes is 1. The Morgan fingerprint density at radius 2 is 1.37 bits per heavy atom. The van der Waals surface area contributed by atoms with Gasteiger partial charge in [-0.05, 0) is 6.07 Å². The molecule has 1 aromatic carbocycles. The molecule has 0 atom stereocenters. The monoisotopic (exact) mass is 372 g/mol. The van der Waals surface area contributed by atoms with Crippen molar-refractivity contribution in [1.29, 1.82) is 0 Å². The largest absolute Gasteiger partial charge is 0.493 e. The predicted molar refractivity (Wildman–Crippen MR) is 102 cm³/mol. The second-order valence-electron chi connectivity index (χ2n) is 4.95. The minimum Gasteiger partial charge on any atom is -0.493 e. The molecule has 0 aliphatic heterocycles. The molecule has 0 aliphatic rings. The van der Waals surface area contributed by atoms with E-state index in [1.54, 1.807) is 20.3 Å². The molecule has 0 radical (unpaired) electrons. The Morgan fingerprint density at radius 3 is 1.89 bits per heavy atom. The Bertz CT molecular complexity index is 755. The predicted octanol–water partition coefficient (Wildman–Crippen LogP) is 1.88. The Labute approximate surface area is 161 Å². The van der Waals surface area contributed by atoms with E-state index in [0.29, 0.717) is 36.0 Å². The molecule has 0 saturated heterocycles. The maximum Gasteiger partial charge on any atom is 0.204 e. The van der Waals surface area contributed by atoms with Crippen molar-refractivity contribution >= 4 is 0 Å². The fourth-order valence-electron chi connectivity index (χ4n) is 2.12. The quantitative estimate of drug-likeness (QED) is 0.487. The highest BCUT2D eigenvalue weighted by molar-refractivity contribution is 5.63. The van der Waals surface area contributed by atoms with E-state index in [1.807, 2.05) is 0 Å². The van der Waals surface area contributed by atoms with E-state index in [1.165, 1.54) is 14.2 Å². The summed E-state index contributed by atoms with van der Waals surface area (Å²) in [7, 11) is 6.18. The first kappa shape index (κ1) is 22.2. The molecular weight excluding hydrogens is 348 g/mol. The molecule has 1 rings (SSSR count). The fourth-order valence-corrected chi connectivity index (χ4v) is 2.12. The van der Waals surface area contributed by atoms with Crippen molar-refractivity contribution in [2.75, 3.05) is 54.9 Å². The summed E-state index contributed by atoms with van der Waals surface area (Å²) < 4.78 is 31.7. The lowest BCUT2D eigenvalue weighted by Crippen LogP contribution is -2.03.